The maximum absolute atomic E-state index is 8.94. The van der Waals surface area contributed by atoms with Crippen molar-refractivity contribution in [1.29, 1.82) is 21.6 Å². The minimum absolute atomic E-state index is 0. The van der Waals surface area contributed by atoms with Crippen molar-refractivity contribution in [2.45, 2.75) is 106 Å². The Kier molecular flexibility index (Phi) is 15.1. The summed E-state index contributed by atoms with van der Waals surface area (Å²) in [5.41, 5.74) is 19.6. The van der Waals surface area contributed by atoms with E-state index in [1.165, 1.54) is 152 Å². The molecule has 396 valence electrons. The van der Waals surface area contributed by atoms with Gasteiger partial charge >= 0.3 is 7.12 Å². The Morgan fingerprint density at radius 1 is 0.312 bits per heavy atom. The molecule has 0 bridgehead atoms. The smallest absolute Gasteiger partial charge is 0.423 e. The van der Waals surface area contributed by atoms with Gasteiger partial charge < -0.3 is 10.0 Å². The minimum atomic E-state index is -1.38. The number of nitrogens with zero attached hydrogens (tertiary/aromatic N) is 4. The first kappa shape index (κ1) is 54.7. The van der Waals surface area contributed by atoms with Crippen LogP contribution in [0.25, 0.3) is 76.8 Å². The molecule has 80 heavy (non-hydrogen) atoms. The van der Waals surface area contributed by atoms with Gasteiger partial charge in [0.15, 0.2) is 0 Å². The molecule has 10 aromatic carbocycles. The van der Waals surface area contributed by atoms with Crippen molar-refractivity contribution in [2.24, 2.45) is 0 Å². The first-order valence-electron chi connectivity index (χ1n) is 27.8. The molecule has 0 unspecified atom stereocenters. The minimum Gasteiger partial charge on any atom is -0.423 e. The Hall–Kier alpha value is -7.24. The van der Waals surface area contributed by atoms with Gasteiger partial charge in [0.2, 0.25) is 0 Å². The fourth-order valence-corrected chi connectivity index (χ4v) is 17.1. The van der Waals surface area contributed by atoms with Crippen LogP contribution in [0.1, 0.15) is 107 Å². The van der Waals surface area contributed by atoms with E-state index in [0.717, 1.165) is 10.8 Å². The SMILES string of the molecule is Brc1ccc2c(c1)C13CCCC1(CCC3)c1cc(Br)ccc1-2.C.N#N.N#N.OB(O)c1ccc2ccccc2c1.c1ccc2cc(-c3ccc4c(c3)C35CCCC3(CCC5)c3cc(-c5ccc6ccccc6c5)ccc3-4)ccc2c1. The van der Waals surface area contributed by atoms with E-state index in [-0.39, 0.29) is 18.3 Å². The molecule has 4 fully saturated rings. The van der Waals surface area contributed by atoms with Gasteiger partial charge in [-0.05, 0) is 204 Å². The average molecular weight is 1170 g/mol. The van der Waals surface area contributed by atoms with Crippen LogP contribution in [0.2, 0.25) is 0 Å². The van der Waals surface area contributed by atoms with Crippen LogP contribution in [0, 0.1) is 21.6 Å². The third kappa shape index (κ3) is 8.72. The van der Waals surface area contributed by atoms with E-state index in [4.69, 9.17) is 31.6 Å². The molecule has 10 aromatic rings. The first-order chi connectivity index (χ1) is 38.7. The predicted molar refractivity (Wildman–Crippen MR) is 335 cm³/mol. The molecule has 6 aliphatic carbocycles. The van der Waals surface area contributed by atoms with Crippen LogP contribution in [0.3, 0.4) is 0 Å². The third-order valence-electron chi connectivity index (χ3n) is 19.5. The van der Waals surface area contributed by atoms with Gasteiger partial charge in [-0.15, -0.1) is 0 Å². The predicted octanol–water partition coefficient (Wildman–Crippen LogP) is 18.8. The topological polar surface area (TPSA) is 136 Å². The van der Waals surface area contributed by atoms with Crippen molar-refractivity contribution in [2.75, 3.05) is 0 Å². The highest BCUT2D eigenvalue weighted by atomic mass is 79.9. The summed E-state index contributed by atoms with van der Waals surface area (Å²) in [5.74, 6) is 0. The van der Waals surface area contributed by atoms with Gasteiger partial charge in [0, 0.05) is 52.2 Å². The quantitative estimate of drug-likeness (QED) is 0.134. The number of rotatable bonds is 3. The van der Waals surface area contributed by atoms with Gasteiger partial charge in [-0.3, -0.25) is 0 Å². The molecule has 6 aliphatic rings. The number of halogens is 2. The molecule has 6 nitrogen and oxygen atoms in total. The number of hydrogen-bond acceptors (Lipinski definition) is 6. The molecule has 0 aliphatic heterocycles. The molecular formula is C71H63BBr2N4O2. The van der Waals surface area contributed by atoms with Crippen LogP contribution in [-0.4, -0.2) is 17.2 Å². The summed E-state index contributed by atoms with van der Waals surface area (Å²) in [5, 5.41) is 49.3. The normalized spacial score (nSPS) is 21.6. The van der Waals surface area contributed by atoms with Crippen molar-refractivity contribution >= 4 is 76.8 Å². The van der Waals surface area contributed by atoms with E-state index in [1.54, 1.807) is 34.4 Å². The zero-order valence-electron chi connectivity index (χ0n) is 44.1. The summed E-state index contributed by atoms with van der Waals surface area (Å²) in [6, 6.07) is 73.3. The summed E-state index contributed by atoms with van der Waals surface area (Å²) < 4.78 is 2.46. The lowest BCUT2D eigenvalue weighted by Crippen LogP contribution is -2.43. The lowest BCUT2D eigenvalue weighted by atomic mass is 9.55. The van der Waals surface area contributed by atoms with Crippen LogP contribution in [0.5, 0.6) is 0 Å². The fourth-order valence-electron chi connectivity index (χ4n) is 16.4. The second-order valence-electron chi connectivity index (χ2n) is 22.7. The number of benzene rings is 10. The molecular weight excluding hydrogens is 1110 g/mol. The molecule has 2 N–H and O–H groups in total. The lowest BCUT2D eigenvalue weighted by Gasteiger charge is -2.48. The Balaban J connectivity index is 0.000000141. The van der Waals surface area contributed by atoms with E-state index in [9.17, 15) is 0 Å². The van der Waals surface area contributed by atoms with E-state index in [2.05, 4.69) is 190 Å². The summed E-state index contributed by atoms with van der Waals surface area (Å²) in [6.45, 7) is 0. The van der Waals surface area contributed by atoms with Gasteiger partial charge in [0.25, 0.3) is 0 Å². The molecule has 0 amide bonds. The molecule has 0 aromatic heterocycles. The Morgan fingerprint density at radius 3 is 0.938 bits per heavy atom. The van der Waals surface area contributed by atoms with Gasteiger partial charge in [-0.2, -0.15) is 0 Å². The van der Waals surface area contributed by atoms with Crippen LogP contribution in [0.4, 0.5) is 0 Å². The number of hydrogen-bond donors (Lipinski definition) is 2. The second kappa shape index (κ2) is 22.0. The second-order valence-corrected chi connectivity index (χ2v) is 24.6. The first-order valence-corrected chi connectivity index (χ1v) is 29.4. The maximum Gasteiger partial charge on any atom is 0.488 e. The third-order valence-corrected chi connectivity index (χ3v) is 20.5. The van der Waals surface area contributed by atoms with Gasteiger partial charge in [-0.25, -0.2) is 0 Å². The average Bonchev–Trinajstić information content (AvgIpc) is 4.01. The molecule has 0 atom stereocenters. The number of fused-ring (bicyclic) bond motifs is 9. The zero-order valence-corrected chi connectivity index (χ0v) is 47.2. The standard InChI is InChI=1S/C40H32.C20H18Br2.C10H9BO2.CH4.2N2/c1-3-9-29-23-31(13-11-27(29)7-1)33-15-17-35-36-18-16-34(32-14-12-28-8-2-4-10-30(28)24-32)26-38(36)40-21-5-19-39(40,20-6-22-40)37(35)25-33;21-13-3-5-15-16-6-4-14(22)12-18(16)20-8-1-7-19(20,9-2-10-20)17(15)11-13;12-11(13)10-6-5-8-3-1-2-4-9(8)7-10;;2*1-2/h1-4,7-18,23-26H,5-6,19-22H2;3-6,11-12H,1-2,7-10H2;1-7,12-13H;1H4;;. The molecule has 4 saturated carbocycles. The summed E-state index contributed by atoms with van der Waals surface area (Å²) in [7, 11) is -1.38. The van der Waals surface area contributed by atoms with Crippen molar-refractivity contribution in [3.63, 3.8) is 0 Å². The van der Waals surface area contributed by atoms with Crippen molar-refractivity contribution < 1.29 is 10.0 Å². The van der Waals surface area contributed by atoms with Gasteiger partial charge in [0.05, 0.1) is 0 Å². The van der Waals surface area contributed by atoms with Crippen LogP contribution in [-0.2, 0) is 21.7 Å². The van der Waals surface area contributed by atoms with E-state index in [1.807, 2.05) is 30.3 Å². The van der Waals surface area contributed by atoms with Crippen molar-refractivity contribution in [1.82, 2.24) is 0 Å². The van der Waals surface area contributed by atoms with Gasteiger partial charge in [-0.1, -0.05) is 217 Å². The van der Waals surface area contributed by atoms with E-state index < -0.39 is 7.12 Å². The highest BCUT2D eigenvalue weighted by Crippen LogP contribution is 2.71. The molecule has 0 saturated heterocycles. The maximum atomic E-state index is 8.94. The fraction of sp³-hybridized carbons (Fsp3) is 0.239. The Bertz CT molecular complexity index is 3800. The summed E-state index contributed by atoms with van der Waals surface area (Å²) in [4.78, 5) is 0. The van der Waals surface area contributed by atoms with E-state index in [0.29, 0.717) is 16.3 Å². The monoisotopic (exact) mass is 1170 g/mol. The van der Waals surface area contributed by atoms with Crippen LogP contribution in [0.15, 0.2) is 209 Å². The Morgan fingerprint density at radius 2 is 0.588 bits per heavy atom. The molecule has 0 spiro atoms. The van der Waals surface area contributed by atoms with Gasteiger partial charge in [0.1, 0.15) is 0 Å². The summed E-state index contributed by atoms with van der Waals surface area (Å²) >= 11 is 7.45. The summed E-state index contributed by atoms with van der Waals surface area (Å²) in [6.07, 6.45) is 16.1. The molecule has 0 radical (unpaired) electrons. The van der Waals surface area contributed by atoms with Crippen molar-refractivity contribution in [3.05, 3.63) is 231 Å². The molecule has 9 heteroatoms. The van der Waals surface area contributed by atoms with Crippen LogP contribution >= 0.6 is 31.9 Å². The van der Waals surface area contributed by atoms with E-state index >= 15 is 0 Å². The molecule has 16 rings (SSSR count). The zero-order chi connectivity index (χ0) is 54.5. The Labute approximate surface area is 487 Å². The highest BCUT2D eigenvalue weighted by Gasteiger charge is 2.63. The largest absolute Gasteiger partial charge is 0.488 e. The lowest BCUT2D eigenvalue weighted by molar-refractivity contribution is 0.299. The molecule has 0 heterocycles. The van der Waals surface area contributed by atoms with Crippen LogP contribution < -0.4 is 5.46 Å². The van der Waals surface area contributed by atoms with Crippen molar-refractivity contribution in [3.8, 4) is 44.5 Å². The highest BCUT2D eigenvalue weighted by molar-refractivity contribution is 9.10.